The summed E-state index contributed by atoms with van der Waals surface area (Å²) in [5.41, 5.74) is 1.06. The third-order valence-corrected chi connectivity index (χ3v) is 4.56. The summed E-state index contributed by atoms with van der Waals surface area (Å²) in [6.45, 7) is 6.37. The number of hydrogen-bond donors (Lipinski definition) is 0. The van der Waals surface area contributed by atoms with Gasteiger partial charge >= 0.3 is 0 Å². The van der Waals surface area contributed by atoms with Gasteiger partial charge in [-0.25, -0.2) is 0 Å². The second kappa shape index (κ2) is 9.45. The van der Waals surface area contributed by atoms with Gasteiger partial charge in [0.25, 0.3) is 11.1 Å². The summed E-state index contributed by atoms with van der Waals surface area (Å²) in [6, 6.07) is 9.86. The van der Waals surface area contributed by atoms with Crippen molar-refractivity contribution < 1.29 is 9.59 Å². The third kappa shape index (κ3) is 5.08. The van der Waals surface area contributed by atoms with Gasteiger partial charge in [0, 0.05) is 0 Å². The maximum absolute atomic E-state index is 12.5. The fourth-order valence-corrected chi connectivity index (χ4v) is 3.32. The number of nitrogens with zero attached hydrogens (tertiary/aromatic N) is 2. The molecule has 2 amide bonds. The summed E-state index contributed by atoms with van der Waals surface area (Å²) < 4.78 is 0. The Morgan fingerprint density at radius 2 is 1.75 bits per heavy atom. The number of rotatable bonds is 8. The van der Waals surface area contributed by atoms with Crippen LogP contribution < -0.4 is 0 Å². The Hall–Kier alpha value is -1.85. The molecule has 2 rings (SSSR count). The minimum Gasteiger partial charge on any atom is -0.286 e. The first-order chi connectivity index (χ1) is 11.7. The van der Waals surface area contributed by atoms with Crippen LogP contribution in [0.3, 0.4) is 0 Å². The lowest BCUT2D eigenvalue weighted by Gasteiger charge is -2.25. The number of benzene rings is 1. The summed E-state index contributed by atoms with van der Waals surface area (Å²) in [5, 5.41) is -0.184. The topological polar surface area (TPSA) is 40.6 Å². The first-order valence-electron chi connectivity index (χ1n) is 8.35. The van der Waals surface area contributed by atoms with Crippen LogP contribution in [0.15, 0.2) is 47.4 Å². The average molecular weight is 344 g/mol. The molecule has 0 bridgehead atoms. The Labute approximate surface area is 148 Å². The lowest BCUT2D eigenvalue weighted by Crippen LogP contribution is -2.41. The minimum atomic E-state index is -0.195. The van der Waals surface area contributed by atoms with E-state index in [4.69, 9.17) is 0 Å². The highest BCUT2D eigenvalue weighted by atomic mass is 32.2. The quantitative estimate of drug-likeness (QED) is 0.657. The predicted octanol–water partition coefficient (Wildman–Crippen LogP) is 4.36. The van der Waals surface area contributed by atoms with E-state index < -0.39 is 0 Å². The van der Waals surface area contributed by atoms with Crippen LogP contribution in [0.1, 0.15) is 32.3 Å². The summed E-state index contributed by atoms with van der Waals surface area (Å²) in [4.78, 5) is 28.6. The molecule has 4 nitrogen and oxygen atoms in total. The second-order valence-corrected chi connectivity index (χ2v) is 6.65. The Bertz CT molecular complexity index is 620. The second-order valence-electron chi connectivity index (χ2n) is 5.66. The van der Waals surface area contributed by atoms with Gasteiger partial charge in [0.2, 0.25) is 0 Å². The molecule has 5 heteroatoms. The highest BCUT2D eigenvalue weighted by molar-refractivity contribution is 8.18. The molecule has 1 heterocycles. The van der Waals surface area contributed by atoms with Crippen LogP contribution in [-0.4, -0.2) is 40.7 Å². The summed E-state index contributed by atoms with van der Waals surface area (Å²) in [6.07, 6.45) is 7.48. The lowest BCUT2D eigenvalue weighted by atomic mass is 10.2. The molecule has 24 heavy (non-hydrogen) atoms. The molecule has 0 saturated carbocycles. The van der Waals surface area contributed by atoms with Crippen molar-refractivity contribution in [3.05, 3.63) is 53.0 Å². The van der Waals surface area contributed by atoms with E-state index in [0.29, 0.717) is 11.6 Å². The van der Waals surface area contributed by atoms with Gasteiger partial charge in [-0.05, 0) is 49.3 Å². The Morgan fingerprint density at radius 1 is 1.08 bits per heavy atom. The van der Waals surface area contributed by atoms with Crippen molar-refractivity contribution in [3.8, 4) is 0 Å². The molecule has 1 aromatic rings. The van der Waals surface area contributed by atoms with Gasteiger partial charge in [0.15, 0.2) is 0 Å². The molecule has 0 aliphatic carbocycles. The van der Waals surface area contributed by atoms with Crippen molar-refractivity contribution in [2.75, 3.05) is 19.8 Å². The SMILES string of the molecule is CCCN(CCC)CN1C(=O)SC(=CC=Cc2ccccc2)C1=O. The fourth-order valence-electron chi connectivity index (χ4n) is 2.53. The summed E-state index contributed by atoms with van der Waals surface area (Å²) in [7, 11) is 0. The van der Waals surface area contributed by atoms with E-state index in [2.05, 4.69) is 18.7 Å². The van der Waals surface area contributed by atoms with E-state index in [1.807, 2.05) is 42.5 Å². The standard InChI is InChI=1S/C19H24N2O2S/c1-3-13-20(14-4-2)15-21-18(22)17(24-19(21)23)12-8-11-16-9-6-5-7-10-16/h5-12H,3-4,13-15H2,1-2H3. The fraction of sp³-hybridized carbons (Fsp3) is 0.368. The highest BCUT2D eigenvalue weighted by Crippen LogP contribution is 2.30. The first kappa shape index (κ1) is 18.5. The zero-order valence-corrected chi connectivity index (χ0v) is 15.1. The number of carbonyl (C=O) groups is 2. The molecule has 1 aromatic carbocycles. The van der Waals surface area contributed by atoms with Gasteiger partial charge in [-0.3, -0.25) is 19.4 Å². The smallest absolute Gasteiger partial charge is 0.286 e. The normalized spacial score (nSPS) is 17.0. The van der Waals surface area contributed by atoms with Crippen LogP contribution in [0.4, 0.5) is 4.79 Å². The van der Waals surface area contributed by atoms with Crippen LogP contribution in [0.5, 0.6) is 0 Å². The number of imide groups is 1. The maximum atomic E-state index is 12.5. The number of thioether (sulfide) groups is 1. The average Bonchev–Trinajstić information content (AvgIpc) is 2.84. The summed E-state index contributed by atoms with van der Waals surface area (Å²) >= 11 is 1.02. The molecule has 0 N–H and O–H groups in total. The van der Waals surface area contributed by atoms with E-state index in [-0.39, 0.29) is 11.1 Å². The molecular formula is C19H24N2O2S. The van der Waals surface area contributed by atoms with Crippen LogP contribution >= 0.6 is 11.8 Å². The zero-order chi connectivity index (χ0) is 17.4. The third-order valence-electron chi connectivity index (χ3n) is 3.63. The van der Waals surface area contributed by atoms with Gasteiger partial charge in [-0.1, -0.05) is 56.3 Å². The molecule has 0 spiro atoms. The lowest BCUT2D eigenvalue weighted by molar-refractivity contribution is -0.124. The minimum absolute atomic E-state index is 0.184. The van der Waals surface area contributed by atoms with E-state index in [1.54, 1.807) is 6.08 Å². The van der Waals surface area contributed by atoms with Gasteiger partial charge in [0.05, 0.1) is 11.6 Å². The molecule has 0 radical (unpaired) electrons. The molecule has 0 atom stereocenters. The molecule has 1 fully saturated rings. The predicted molar refractivity (Wildman–Crippen MR) is 100 cm³/mol. The molecule has 128 valence electrons. The van der Waals surface area contributed by atoms with E-state index >= 15 is 0 Å². The van der Waals surface area contributed by atoms with Crippen LogP contribution in [0, 0.1) is 0 Å². The maximum Gasteiger partial charge on any atom is 0.294 e. The van der Waals surface area contributed by atoms with E-state index in [0.717, 1.165) is 43.3 Å². The van der Waals surface area contributed by atoms with Crippen LogP contribution in [0.2, 0.25) is 0 Å². The molecule has 1 aliphatic heterocycles. The Balaban J connectivity index is 2.02. The van der Waals surface area contributed by atoms with Crippen LogP contribution in [0.25, 0.3) is 6.08 Å². The van der Waals surface area contributed by atoms with E-state index in [9.17, 15) is 9.59 Å². The van der Waals surface area contributed by atoms with Crippen molar-refractivity contribution in [1.29, 1.82) is 0 Å². The zero-order valence-electron chi connectivity index (χ0n) is 14.3. The monoisotopic (exact) mass is 344 g/mol. The molecule has 1 saturated heterocycles. The van der Waals surface area contributed by atoms with Crippen molar-refractivity contribution in [3.63, 3.8) is 0 Å². The number of carbonyl (C=O) groups excluding carboxylic acids is 2. The molecule has 0 unspecified atom stereocenters. The van der Waals surface area contributed by atoms with Crippen LogP contribution in [-0.2, 0) is 4.79 Å². The highest BCUT2D eigenvalue weighted by Gasteiger charge is 2.35. The van der Waals surface area contributed by atoms with Crippen molar-refractivity contribution in [1.82, 2.24) is 9.80 Å². The first-order valence-corrected chi connectivity index (χ1v) is 9.16. The Kier molecular flexibility index (Phi) is 7.28. The van der Waals surface area contributed by atoms with Gasteiger partial charge < -0.3 is 0 Å². The van der Waals surface area contributed by atoms with Gasteiger partial charge in [-0.15, -0.1) is 0 Å². The number of amides is 2. The van der Waals surface area contributed by atoms with Crippen molar-refractivity contribution >= 4 is 29.0 Å². The number of hydrogen-bond acceptors (Lipinski definition) is 4. The largest absolute Gasteiger partial charge is 0.294 e. The van der Waals surface area contributed by atoms with E-state index in [1.165, 1.54) is 4.90 Å². The number of allylic oxidation sites excluding steroid dienone is 2. The van der Waals surface area contributed by atoms with Gasteiger partial charge in [0.1, 0.15) is 0 Å². The molecule has 1 aliphatic rings. The molecular weight excluding hydrogens is 320 g/mol. The molecule has 0 aromatic heterocycles. The summed E-state index contributed by atoms with van der Waals surface area (Å²) in [5.74, 6) is -0.195. The van der Waals surface area contributed by atoms with Crippen molar-refractivity contribution in [2.24, 2.45) is 0 Å². The Morgan fingerprint density at radius 3 is 2.38 bits per heavy atom. The van der Waals surface area contributed by atoms with Crippen molar-refractivity contribution in [2.45, 2.75) is 26.7 Å². The van der Waals surface area contributed by atoms with Gasteiger partial charge in [-0.2, -0.15) is 0 Å².